The van der Waals surface area contributed by atoms with Gasteiger partial charge >= 0.3 is 6.18 Å². The summed E-state index contributed by atoms with van der Waals surface area (Å²) in [5, 5.41) is 3.51. The van der Waals surface area contributed by atoms with Crippen molar-refractivity contribution in [2.45, 2.75) is 57.3 Å². The molecule has 0 amide bonds. The van der Waals surface area contributed by atoms with Gasteiger partial charge in [0.15, 0.2) is 0 Å². The summed E-state index contributed by atoms with van der Waals surface area (Å²) < 4.78 is 38.1. The summed E-state index contributed by atoms with van der Waals surface area (Å²) in [6.45, 7) is 4.60. The lowest BCUT2D eigenvalue weighted by atomic mass is 9.87. The van der Waals surface area contributed by atoms with E-state index in [0.29, 0.717) is 19.0 Å². The lowest BCUT2D eigenvalue weighted by Gasteiger charge is -2.48. The summed E-state index contributed by atoms with van der Waals surface area (Å²) in [6, 6.07) is 0.0813. The van der Waals surface area contributed by atoms with Crippen LogP contribution in [0.5, 0.6) is 0 Å². The lowest BCUT2D eigenvalue weighted by molar-refractivity contribution is -0.158. The van der Waals surface area contributed by atoms with E-state index in [2.05, 4.69) is 19.2 Å². The van der Waals surface area contributed by atoms with Crippen LogP contribution in [0.15, 0.2) is 0 Å². The third-order valence-electron chi connectivity index (χ3n) is 4.56. The van der Waals surface area contributed by atoms with Gasteiger partial charge in [0.05, 0.1) is 6.54 Å². The number of nitrogens with one attached hydrogen (secondary N) is 1. The van der Waals surface area contributed by atoms with Crippen LogP contribution in [0.3, 0.4) is 0 Å². The normalized spacial score (nSPS) is 29.5. The molecule has 2 aliphatic rings. The quantitative estimate of drug-likeness (QED) is 0.840. The van der Waals surface area contributed by atoms with Gasteiger partial charge in [-0.3, -0.25) is 4.90 Å². The molecule has 2 rings (SSSR count). The summed E-state index contributed by atoms with van der Waals surface area (Å²) in [5.41, 5.74) is -0.128. The molecule has 1 atom stereocenters. The van der Waals surface area contributed by atoms with Crippen molar-refractivity contribution < 1.29 is 13.2 Å². The SMILES string of the molecule is CCC1(CC)CN(CC(F)(F)F)C(C2CC2)CN1. The molecule has 0 spiro atoms. The predicted octanol–water partition coefficient (Wildman–Crippen LogP) is 2.79. The fourth-order valence-corrected chi connectivity index (χ4v) is 3.08. The van der Waals surface area contributed by atoms with Crippen molar-refractivity contribution in [1.82, 2.24) is 10.2 Å². The molecule has 1 saturated heterocycles. The van der Waals surface area contributed by atoms with Crippen LogP contribution < -0.4 is 5.32 Å². The van der Waals surface area contributed by atoms with Gasteiger partial charge in [0.25, 0.3) is 0 Å². The van der Waals surface area contributed by atoms with Gasteiger partial charge in [0.2, 0.25) is 0 Å². The second-order valence-electron chi connectivity index (χ2n) is 5.79. The molecule has 1 heterocycles. The maximum atomic E-state index is 12.7. The standard InChI is InChI=1S/C13H23F3N2/c1-3-12(4-2)8-18(9-13(14,15)16)11(7-17-12)10-5-6-10/h10-11,17H,3-9H2,1-2H3. The molecule has 0 aromatic rings. The van der Waals surface area contributed by atoms with Crippen molar-refractivity contribution in [1.29, 1.82) is 0 Å². The number of piperazine rings is 1. The highest BCUT2D eigenvalue weighted by molar-refractivity contribution is 5.01. The second-order valence-corrected chi connectivity index (χ2v) is 5.79. The fourth-order valence-electron chi connectivity index (χ4n) is 3.08. The number of nitrogens with zero attached hydrogens (tertiary/aromatic N) is 1. The van der Waals surface area contributed by atoms with Gasteiger partial charge in [-0.2, -0.15) is 13.2 Å². The number of rotatable bonds is 4. The third kappa shape index (κ3) is 3.18. The largest absolute Gasteiger partial charge is 0.401 e. The first-order chi connectivity index (χ1) is 8.39. The van der Waals surface area contributed by atoms with Crippen molar-refractivity contribution in [3.05, 3.63) is 0 Å². The highest BCUT2D eigenvalue weighted by Crippen LogP contribution is 2.39. The molecule has 2 fully saturated rings. The first-order valence-electron chi connectivity index (χ1n) is 6.95. The Morgan fingerprint density at radius 1 is 1.22 bits per heavy atom. The molecular weight excluding hydrogens is 241 g/mol. The molecule has 0 radical (unpaired) electrons. The van der Waals surface area contributed by atoms with E-state index in [1.165, 1.54) is 0 Å². The molecule has 0 aromatic carbocycles. The second kappa shape index (κ2) is 5.00. The van der Waals surface area contributed by atoms with E-state index >= 15 is 0 Å². The Morgan fingerprint density at radius 2 is 1.83 bits per heavy atom. The zero-order valence-electron chi connectivity index (χ0n) is 11.2. The molecule has 106 valence electrons. The van der Waals surface area contributed by atoms with Crippen LogP contribution in [0.1, 0.15) is 39.5 Å². The molecule has 1 aliphatic carbocycles. The number of hydrogen-bond donors (Lipinski definition) is 1. The summed E-state index contributed by atoms with van der Waals surface area (Å²) in [6.07, 6.45) is -0.139. The Hall–Kier alpha value is -0.290. The van der Waals surface area contributed by atoms with Crippen LogP contribution in [0.2, 0.25) is 0 Å². The molecule has 0 bridgehead atoms. The minimum absolute atomic E-state index is 0.0813. The molecular formula is C13H23F3N2. The topological polar surface area (TPSA) is 15.3 Å². The maximum Gasteiger partial charge on any atom is 0.401 e. The predicted molar refractivity (Wildman–Crippen MR) is 65.5 cm³/mol. The Balaban J connectivity index is 2.07. The van der Waals surface area contributed by atoms with Crippen LogP contribution in [0.4, 0.5) is 13.2 Å². The van der Waals surface area contributed by atoms with Crippen LogP contribution in [-0.4, -0.2) is 42.3 Å². The number of halogens is 3. The summed E-state index contributed by atoms with van der Waals surface area (Å²) in [7, 11) is 0. The Morgan fingerprint density at radius 3 is 2.28 bits per heavy atom. The van der Waals surface area contributed by atoms with Gasteiger partial charge in [-0.05, 0) is 31.6 Å². The van der Waals surface area contributed by atoms with Crippen molar-refractivity contribution in [3.8, 4) is 0 Å². The van der Waals surface area contributed by atoms with E-state index in [-0.39, 0.29) is 11.6 Å². The highest BCUT2D eigenvalue weighted by Gasteiger charge is 2.46. The Labute approximate surface area is 107 Å². The molecule has 1 N–H and O–H groups in total. The van der Waals surface area contributed by atoms with Gasteiger partial charge in [-0.1, -0.05) is 13.8 Å². The molecule has 1 unspecified atom stereocenters. The van der Waals surface area contributed by atoms with E-state index in [0.717, 1.165) is 25.7 Å². The molecule has 18 heavy (non-hydrogen) atoms. The smallest absolute Gasteiger partial charge is 0.308 e. The van der Waals surface area contributed by atoms with Crippen LogP contribution >= 0.6 is 0 Å². The van der Waals surface area contributed by atoms with Gasteiger partial charge in [0, 0.05) is 24.7 Å². The van der Waals surface area contributed by atoms with Crippen LogP contribution in [-0.2, 0) is 0 Å². The van der Waals surface area contributed by atoms with Crippen LogP contribution in [0.25, 0.3) is 0 Å². The van der Waals surface area contributed by atoms with Gasteiger partial charge in [-0.25, -0.2) is 0 Å². The lowest BCUT2D eigenvalue weighted by Crippen LogP contribution is -2.65. The third-order valence-corrected chi connectivity index (χ3v) is 4.56. The number of hydrogen-bond acceptors (Lipinski definition) is 2. The van der Waals surface area contributed by atoms with Crippen molar-refractivity contribution in [2.75, 3.05) is 19.6 Å². The summed E-state index contributed by atoms with van der Waals surface area (Å²) in [5.74, 6) is 0.478. The Bertz CT molecular complexity index is 282. The average molecular weight is 264 g/mol. The van der Waals surface area contributed by atoms with Gasteiger partial charge in [-0.15, -0.1) is 0 Å². The molecule has 5 heteroatoms. The maximum absolute atomic E-state index is 12.7. The van der Waals surface area contributed by atoms with Crippen molar-refractivity contribution in [2.24, 2.45) is 5.92 Å². The van der Waals surface area contributed by atoms with E-state index in [1.807, 2.05) is 0 Å². The minimum Gasteiger partial charge on any atom is -0.308 e. The Kier molecular flexibility index (Phi) is 3.93. The summed E-state index contributed by atoms with van der Waals surface area (Å²) in [4.78, 5) is 1.68. The van der Waals surface area contributed by atoms with Crippen LogP contribution in [0, 0.1) is 5.92 Å². The first-order valence-corrected chi connectivity index (χ1v) is 6.95. The van der Waals surface area contributed by atoms with Gasteiger partial charge in [0.1, 0.15) is 0 Å². The van der Waals surface area contributed by atoms with E-state index in [9.17, 15) is 13.2 Å². The van der Waals surface area contributed by atoms with Crippen molar-refractivity contribution in [3.63, 3.8) is 0 Å². The summed E-state index contributed by atoms with van der Waals surface area (Å²) >= 11 is 0. The first kappa shape index (κ1) is 14.1. The zero-order valence-corrected chi connectivity index (χ0v) is 11.2. The average Bonchev–Trinajstić information content (AvgIpc) is 3.11. The monoisotopic (exact) mass is 264 g/mol. The highest BCUT2D eigenvalue weighted by atomic mass is 19.4. The number of alkyl halides is 3. The van der Waals surface area contributed by atoms with Gasteiger partial charge < -0.3 is 5.32 Å². The zero-order chi connectivity index (χ0) is 13.4. The van der Waals surface area contributed by atoms with E-state index in [1.54, 1.807) is 4.90 Å². The molecule has 1 aliphatic heterocycles. The molecule has 1 saturated carbocycles. The van der Waals surface area contributed by atoms with Crippen molar-refractivity contribution >= 4 is 0 Å². The molecule has 2 nitrogen and oxygen atoms in total. The molecule has 0 aromatic heterocycles. The van der Waals surface area contributed by atoms with E-state index in [4.69, 9.17) is 0 Å². The minimum atomic E-state index is -4.09. The van der Waals surface area contributed by atoms with E-state index < -0.39 is 12.7 Å². The fraction of sp³-hybridized carbons (Fsp3) is 1.00.